The Bertz CT molecular complexity index is 120. The zero-order chi connectivity index (χ0) is 6.69. The van der Waals surface area contributed by atoms with Gasteiger partial charge in [-0.3, -0.25) is 3.93 Å². The standard InChI is InChI=1S/C5H8BrNOS/c1-2-8-5-7(6)3-4-9-5/h3-5H,2H2,1H3. The van der Waals surface area contributed by atoms with E-state index in [1.54, 1.807) is 11.8 Å². The average Bonchev–Trinajstić information content (AvgIpc) is 2.18. The molecule has 0 amide bonds. The van der Waals surface area contributed by atoms with Gasteiger partial charge in [-0.25, -0.2) is 0 Å². The van der Waals surface area contributed by atoms with E-state index in [9.17, 15) is 0 Å². The van der Waals surface area contributed by atoms with Gasteiger partial charge < -0.3 is 4.74 Å². The van der Waals surface area contributed by atoms with Crippen LogP contribution in [-0.2, 0) is 4.74 Å². The molecule has 9 heavy (non-hydrogen) atoms. The van der Waals surface area contributed by atoms with Crippen LogP contribution in [-0.4, -0.2) is 16.1 Å². The third kappa shape index (κ3) is 1.88. The lowest BCUT2D eigenvalue weighted by atomic mass is 10.9. The van der Waals surface area contributed by atoms with Gasteiger partial charge in [0.25, 0.3) is 0 Å². The highest BCUT2D eigenvalue weighted by atomic mass is 79.9. The van der Waals surface area contributed by atoms with Crippen molar-refractivity contribution in [3.63, 3.8) is 0 Å². The maximum absolute atomic E-state index is 5.29. The lowest BCUT2D eigenvalue weighted by molar-refractivity contribution is 0.0812. The third-order valence-electron chi connectivity index (χ3n) is 0.909. The first-order chi connectivity index (χ1) is 4.34. The molecule has 0 aromatic carbocycles. The monoisotopic (exact) mass is 209 g/mol. The molecule has 1 unspecified atom stereocenters. The zero-order valence-corrected chi connectivity index (χ0v) is 7.48. The van der Waals surface area contributed by atoms with Crippen LogP contribution in [0.3, 0.4) is 0 Å². The summed E-state index contributed by atoms with van der Waals surface area (Å²) in [5.74, 6) is 0. The summed E-state index contributed by atoms with van der Waals surface area (Å²) < 4.78 is 7.16. The minimum atomic E-state index is 0.134. The fourth-order valence-corrected chi connectivity index (χ4v) is 1.96. The van der Waals surface area contributed by atoms with Crippen LogP contribution in [0, 0.1) is 0 Å². The molecule has 0 radical (unpaired) electrons. The first-order valence-corrected chi connectivity index (χ1v) is 4.37. The average molecular weight is 210 g/mol. The van der Waals surface area contributed by atoms with Gasteiger partial charge in [-0.2, -0.15) is 0 Å². The molecule has 1 aliphatic heterocycles. The molecule has 0 saturated carbocycles. The molecule has 2 nitrogen and oxygen atoms in total. The van der Waals surface area contributed by atoms with E-state index in [4.69, 9.17) is 4.74 Å². The molecule has 1 rings (SSSR count). The number of halogens is 1. The van der Waals surface area contributed by atoms with Crippen LogP contribution in [0.15, 0.2) is 11.6 Å². The van der Waals surface area contributed by atoms with Crippen LogP contribution in [0.4, 0.5) is 0 Å². The Labute approximate surface area is 67.6 Å². The smallest absolute Gasteiger partial charge is 0.191 e. The van der Waals surface area contributed by atoms with Crippen molar-refractivity contribution in [2.24, 2.45) is 0 Å². The largest absolute Gasteiger partial charge is 0.348 e. The molecule has 1 aliphatic rings. The Morgan fingerprint density at radius 2 is 2.67 bits per heavy atom. The number of ether oxygens (including phenoxy) is 1. The summed E-state index contributed by atoms with van der Waals surface area (Å²) in [6.45, 7) is 2.74. The molecule has 1 heterocycles. The van der Waals surface area contributed by atoms with Crippen LogP contribution < -0.4 is 0 Å². The zero-order valence-electron chi connectivity index (χ0n) is 5.08. The molecule has 52 valence electrons. The number of hydrogen-bond acceptors (Lipinski definition) is 3. The Morgan fingerprint density at radius 3 is 3.11 bits per heavy atom. The first-order valence-electron chi connectivity index (χ1n) is 2.72. The van der Waals surface area contributed by atoms with Crippen molar-refractivity contribution < 1.29 is 4.74 Å². The summed E-state index contributed by atoms with van der Waals surface area (Å²) >= 11 is 4.96. The van der Waals surface area contributed by atoms with E-state index in [2.05, 4.69) is 16.1 Å². The molecular formula is C5H8BrNOS. The Balaban J connectivity index is 2.28. The SMILES string of the molecule is CCOC1SC=CN1Br. The van der Waals surface area contributed by atoms with Crippen molar-refractivity contribution >= 4 is 27.9 Å². The molecule has 0 bridgehead atoms. The molecule has 0 spiro atoms. The first kappa shape index (κ1) is 7.44. The summed E-state index contributed by atoms with van der Waals surface area (Å²) in [6.07, 6.45) is 1.94. The molecule has 0 aliphatic carbocycles. The number of nitrogens with zero attached hydrogens (tertiary/aromatic N) is 1. The molecule has 0 saturated heterocycles. The summed E-state index contributed by atoms with van der Waals surface area (Å²) in [6, 6.07) is 0. The molecule has 0 N–H and O–H groups in total. The topological polar surface area (TPSA) is 12.5 Å². The van der Waals surface area contributed by atoms with Crippen LogP contribution in [0.5, 0.6) is 0 Å². The Morgan fingerprint density at radius 1 is 1.89 bits per heavy atom. The Kier molecular flexibility index (Phi) is 2.88. The number of rotatable bonds is 2. The fourth-order valence-electron chi connectivity index (χ4n) is 0.542. The third-order valence-corrected chi connectivity index (χ3v) is 2.66. The van der Waals surface area contributed by atoms with E-state index in [1.165, 1.54) is 0 Å². The van der Waals surface area contributed by atoms with E-state index in [1.807, 2.05) is 22.5 Å². The second-order valence-electron chi connectivity index (χ2n) is 1.53. The minimum Gasteiger partial charge on any atom is -0.348 e. The van der Waals surface area contributed by atoms with Gasteiger partial charge in [0.1, 0.15) is 0 Å². The van der Waals surface area contributed by atoms with Gasteiger partial charge in [-0.1, -0.05) is 11.8 Å². The van der Waals surface area contributed by atoms with E-state index in [-0.39, 0.29) is 5.56 Å². The predicted molar refractivity (Wildman–Crippen MR) is 42.9 cm³/mol. The molecule has 4 heteroatoms. The van der Waals surface area contributed by atoms with Crippen LogP contribution in [0.25, 0.3) is 0 Å². The van der Waals surface area contributed by atoms with E-state index in [0.29, 0.717) is 0 Å². The fraction of sp³-hybridized carbons (Fsp3) is 0.600. The Hall–Kier alpha value is 0.330. The number of hydrogen-bond donors (Lipinski definition) is 0. The summed E-state index contributed by atoms with van der Waals surface area (Å²) in [5.41, 5.74) is 0.134. The van der Waals surface area contributed by atoms with Gasteiger partial charge in [0.15, 0.2) is 5.56 Å². The van der Waals surface area contributed by atoms with E-state index < -0.39 is 0 Å². The predicted octanol–water partition coefficient (Wildman–Crippen LogP) is 2.14. The van der Waals surface area contributed by atoms with E-state index >= 15 is 0 Å². The van der Waals surface area contributed by atoms with Crippen LogP contribution in [0.1, 0.15) is 6.92 Å². The lowest BCUT2D eigenvalue weighted by Crippen LogP contribution is -2.17. The second-order valence-corrected chi connectivity index (χ2v) is 3.29. The normalized spacial score (nSPS) is 25.6. The van der Waals surface area contributed by atoms with Crippen molar-refractivity contribution in [1.29, 1.82) is 0 Å². The quantitative estimate of drug-likeness (QED) is 0.648. The van der Waals surface area contributed by atoms with Gasteiger partial charge in [0, 0.05) is 12.8 Å². The van der Waals surface area contributed by atoms with Gasteiger partial charge >= 0.3 is 0 Å². The number of thioether (sulfide) groups is 1. The molecule has 0 aromatic heterocycles. The molecular weight excluding hydrogens is 202 g/mol. The van der Waals surface area contributed by atoms with Gasteiger partial charge in [0.2, 0.25) is 0 Å². The van der Waals surface area contributed by atoms with Crippen molar-refractivity contribution in [3.8, 4) is 0 Å². The second kappa shape index (κ2) is 3.49. The summed E-state index contributed by atoms with van der Waals surface area (Å²) in [7, 11) is 0. The maximum Gasteiger partial charge on any atom is 0.191 e. The minimum absolute atomic E-state index is 0.134. The lowest BCUT2D eigenvalue weighted by Gasteiger charge is -2.15. The molecule has 0 fully saturated rings. The summed E-state index contributed by atoms with van der Waals surface area (Å²) in [4.78, 5) is 0. The van der Waals surface area contributed by atoms with Gasteiger partial charge in [-0.05, 0) is 12.3 Å². The van der Waals surface area contributed by atoms with Crippen molar-refractivity contribution in [3.05, 3.63) is 11.6 Å². The van der Waals surface area contributed by atoms with Crippen molar-refractivity contribution in [2.75, 3.05) is 6.61 Å². The maximum atomic E-state index is 5.29. The highest BCUT2D eigenvalue weighted by molar-refractivity contribution is 9.07. The molecule has 1 atom stereocenters. The van der Waals surface area contributed by atoms with Crippen LogP contribution >= 0.6 is 27.9 Å². The van der Waals surface area contributed by atoms with Gasteiger partial charge in [0.05, 0.1) is 16.1 Å². The van der Waals surface area contributed by atoms with Crippen molar-refractivity contribution in [1.82, 2.24) is 3.93 Å². The highest BCUT2D eigenvalue weighted by Crippen LogP contribution is 2.28. The molecule has 0 aromatic rings. The summed E-state index contributed by atoms with van der Waals surface area (Å²) in [5, 5.41) is 2.00. The van der Waals surface area contributed by atoms with Crippen LogP contribution in [0.2, 0.25) is 0 Å². The van der Waals surface area contributed by atoms with Gasteiger partial charge in [-0.15, -0.1) is 0 Å². The highest BCUT2D eigenvalue weighted by Gasteiger charge is 2.16. The van der Waals surface area contributed by atoms with E-state index in [0.717, 1.165) is 6.61 Å². The van der Waals surface area contributed by atoms with Crippen molar-refractivity contribution in [2.45, 2.75) is 12.5 Å².